The van der Waals surface area contributed by atoms with Crippen molar-refractivity contribution >= 4 is 23.7 Å². The fraction of sp³-hybridized carbons (Fsp3) is 0.667. The van der Waals surface area contributed by atoms with Gasteiger partial charge in [-0.25, -0.2) is 0 Å². The summed E-state index contributed by atoms with van der Waals surface area (Å²) in [7, 11) is 0. The molecule has 0 fully saturated rings. The van der Waals surface area contributed by atoms with Gasteiger partial charge in [0.15, 0.2) is 0 Å². The molecule has 15 heavy (non-hydrogen) atoms. The van der Waals surface area contributed by atoms with E-state index >= 15 is 0 Å². The molecule has 0 unspecified atom stereocenters. The topological polar surface area (TPSA) is 3.24 Å². The van der Waals surface area contributed by atoms with Crippen LogP contribution in [0.15, 0.2) is 17.5 Å². The number of halogens is 1. The molecule has 1 rings (SSSR count). The van der Waals surface area contributed by atoms with E-state index in [1.54, 1.807) is 0 Å². The Morgan fingerprint density at radius 2 is 1.80 bits per heavy atom. The van der Waals surface area contributed by atoms with Gasteiger partial charge in [-0.15, -0.1) is 23.7 Å². The number of thiophene rings is 1. The van der Waals surface area contributed by atoms with Gasteiger partial charge in [-0.05, 0) is 45.6 Å². The molecule has 0 spiro atoms. The highest BCUT2D eigenvalue weighted by molar-refractivity contribution is 7.09. The zero-order valence-electron chi connectivity index (χ0n) is 10.1. The molecule has 88 valence electrons. The molecular formula is C12H22ClNS. The van der Waals surface area contributed by atoms with Gasteiger partial charge in [0.05, 0.1) is 0 Å². The molecule has 0 aliphatic rings. The van der Waals surface area contributed by atoms with Crippen LogP contribution in [0.1, 0.15) is 32.6 Å². The molecule has 1 aromatic heterocycles. The van der Waals surface area contributed by atoms with E-state index in [4.69, 9.17) is 0 Å². The minimum Gasteiger partial charge on any atom is -0.298 e. The van der Waals surface area contributed by atoms with Crippen LogP contribution in [0.3, 0.4) is 0 Å². The Bertz CT molecular complexity index is 236. The van der Waals surface area contributed by atoms with E-state index < -0.39 is 0 Å². The molecule has 0 saturated heterocycles. The summed E-state index contributed by atoms with van der Waals surface area (Å²) in [4.78, 5) is 4.04. The van der Waals surface area contributed by atoms with Gasteiger partial charge in [0.25, 0.3) is 0 Å². The Balaban J connectivity index is 0.00000196. The van der Waals surface area contributed by atoms with Crippen molar-refractivity contribution in [2.75, 3.05) is 6.54 Å². The SMILES string of the molecule is CC(C)N(CCc1cccs1)C(C)C.Cl. The van der Waals surface area contributed by atoms with Gasteiger partial charge in [0, 0.05) is 23.5 Å². The first-order valence-corrected chi connectivity index (χ1v) is 6.27. The minimum absolute atomic E-state index is 0. The van der Waals surface area contributed by atoms with Crippen LogP contribution in [0.5, 0.6) is 0 Å². The third-order valence-electron chi connectivity index (χ3n) is 2.52. The molecule has 0 aliphatic carbocycles. The fourth-order valence-electron chi connectivity index (χ4n) is 1.81. The number of rotatable bonds is 5. The summed E-state index contributed by atoms with van der Waals surface area (Å²) in [5.41, 5.74) is 0. The number of hydrogen-bond acceptors (Lipinski definition) is 2. The quantitative estimate of drug-likeness (QED) is 0.765. The van der Waals surface area contributed by atoms with E-state index in [0.29, 0.717) is 12.1 Å². The van der Waals surface area contributed by atoms with Crippen LogP contribution >= 0.6 is 23.7 Å². The van der Waals surface area contributed by atoms with Crippen molar-refractivity contribution < 1.29 is 0 Å². The molecular weight excluding hydrogens is 226 g/mol. The lowest BCUT2D eigenvalue weighted by atomic mass is 10.2. The van der Waals surface area contributed by atoms with Crippen LogP contribution in [0.25, 0.3) is 0 Å². The van der Waals surface area contributed by atoms with Gasteiger partial charge in [-0.3, -0.25) is 4.90 Å². The first-order valence-electron chi connectivity index (χ1n) is 5.39. The molecule has 0 N–H and O–H groups in total. The lowest BCUT2D eigenvalue weighted by Crippen LogP contribution is -2.38. The van der Waals surface area contributed by atoms with Gasteiger partial charge in [-0.1, -0.05) is 6.07 Å². The Labute approximate surface area is 104 Å². The molecule has 0 radical (unpaired) electrons. The first-order chi connectivity index (χ1) is 6.61. The molecule has 1 nitrogen and oxygen atoms in total. The summed E-state index contributed by atoms with van der Waals surface area (Å²) in [5, 5.41) is 2.16. The van der Waals surface area contributed by atoms with Crippen molar-refractivity contribution in [2.45, 2.75) is 46.2 Å². The number of nitrogens with zero attached hydrogens (tertiary/aromatic N) is 1. The Hall–Kier alpha value is -0.0500. The number of hydrogen-bond donors (Lipinski definition) is 0. The molecule has 0 atom stereocenters. The Morgan fingerprint density at radius 3 is 2.20 bits per heavy atom. The maximum atomic E-state index is 2.54. The summed E-state index contributed by atoms with van der Waals surface area (Å²) in [6.45, 7) is 10.3. The molecule has 0 aromatic carbocycles. The van der Waals surface area contributed by atoms with Crippen LogP contribution in [-0.2, 0) is 6.42 Å². The van der Waals surface area contributed by atoms with Crippen LogP contribution in [-0.4, -0.2) is 23.5 Å². The largest absolute Gasteiger partial charge is 0.298 e. The van der Waals surface area contributed by atoms with Crippen molar-refractivity contribution in [1.29, 1.82) is 0 Å². The summed E-state index contributed by atoms with van der Waals surface area (Å²) in [6.07, 6.45) is 1.19. The van der Waals surface area contributed by atoms with Crippen molar-refractivity contribution in [3.05, 3.63) is 22.4 Å². The van der Waals surface area contributed by atoms with E-state index in [-0.39, 0.29) is 12.4 Å². The normalized spacial score (nSPS) is 11.1. The molecule has 0 bridgehead atoms. The van der Waals surface area contributed by atoms with Gasteiger partial charge in [-0.2, -0.15) is 0 Å². The first kappa shape index (κ1) is 14.9. The second kappa shape index (κ2) is 7.26. The van der Waals surface area contributed by atoms with E-state index in [9.17, 15) is 0 Å². The fourth-order valence-corrected chi connectivity index (χ4v) is 2.51. The van der Waals surface area contributed by atoms with E-state index in [1.165, 1.54) is 17.8 Å². The Morgan fingerprint density at radius 1 is 1.20 bits per heavy atom. The molecule has 1 aromatic rings. The maximum Gasteiger partial charge on any atom is 0.00579 e. The standard InChI is InChI=1S/C12H21NS.ClH/c1-10(2)13(11(3)4)8-7-12-6-5-9-14-12;/h5-6,9-11H,7-8H2,1-4H3;1H. The second-order valence-electron chi connectivity index (χ2n) is 4.25. The lowest BCUT2D eigenvalue weighted by Gasteiger charge is -2.30. The highest BCUT2D eigenvalue weighted by Crippen LogP contribution is 2.12. The highest BCUT2D eigenvalue weighted by atomic mass is 35.5. The average Bonchev–Trinajstić information content (AvgIpc) is 2.55. The maximum absolute atomic E-state index is 2.54. The monoisotopic (exact) mass is 247 g/mol. The van der Waals surface area contributed by atoms with Crippen LogP contribution in [0, 0.1) is 0 Å². The molecule has 3 heteroatoms. The summed E-state index contributed by atoms with van der Waals surface area (Å²) < 4.78 is 0. The van der Waals surface area contributed by atoms with Gasteiger partial charge in [0.1, 0.15) is 0 Å². The van der Waals surface area contributed by atoms with Crippen molar-refractivity contribution in [3.8, 4) is 0 Å². The Kier molecular flexibility index (Phi) is 7.24. The molecule has 0 amide bonds. The third kappa shape index (κ3) is 5.01. The molecule has 0 saturated carbocycles. The average molecular weight is 248 g/mol. The van der Waals surface area contributed by atoms with Gasteiger partial charge >= 0.3 is 0 Å². The third-order valence-corrected chi connectivity index (χ3v) is 3.46. The van der Waals surface area contributed by atoms with Crippen LogP contribution in [0.2, 0.25) is 0 Å². The second-order valence-corrected chi connectivity index (χ2v) is 5.29. The van der Waals surface area contributed by atoms with Gasteiger partial charge < -0.3 is 0 Å². The molecule has 0 aliphatic heterocycles. The lowest BCUT2D eigenvalue weighted by molar-refractivity contribution is 0.178. The van der Waals surface area contributed by atoms with Crippen molar-refractivity contribution in [3.63, 3.8) is 0 Å². The van der Waals surface area contributed by atoms with Crippen LogP contribution < -0.4 is 0 Å². The minimum atomic E-state index is 0. The zero-order chi connectivity index (χ0) is 10.6. The van der Waals surface area contributed by atoms with E-state index in [0.717, 1.165) is 0 Å². The van der Waals surface area contributed by atoms with Crippen molar-refractivity contribution in [2.24, 2.45) is 0 Å². The highest BCUT2D eigenvalue weighted by Gasteiger charge is 2.12. The zero-order valence-corrected chi connectivity index (χ0v) is 11.7. The predicted molar refractivity (Wildman–Crippen MR) is 72.2 cm³/mol. The van der Waals surface area contributed by atoms with Crippen molar-refractivity contribution in [1.82, 2.24) is 4.90 Å². The van der Waals surface area contributed by atoms with E-state index in [2.05, 4.69) is 50.1 Å². The summed E-state index contributed by atoms with van der Waals surface area (Å²) >= 11 is 1.86. The van der Waals surface area contributed by atoms with E-state index in [1.807, 2.05) is 11.3 Å². The smallest absolute Gasteiger partial charge is 0.00579 e. The summed E-state index contributed by atoms with van der Waals surface area (Å²) in [6, 6.07) is 5.66. The van der Waals surface area contributed by atoms with Crippen LogP contribution in [0.4, 0.5) is 0 Å². The summed E-state index contributed by atoms with van der Waals surface area (Å²) in [5.74, 6) is 0. The molecule has 1 heterocycles. The predicted octanol–water partition coefficient (Wildman–Crippen LogP) is 3.83. The van der Waals surface area contributed by atoms with Gasteiger partial charge in [0.2, 0.25) is 0 Å².